The Labute approximate surface area is 184 Å². The van der Waals surface area contributed by atoms with E-state index in [1.807, 2.05) is 36.4 Å². The zero-order valence-electron chi connectivity index (χ0n) is 17.7. The Morgan fingerprint density at radius 3 is 2.47 bits per heavy atom. The van der Waals surface area contributed by atoms with E-state index in [-0.39, 0.29) is 11.6 Å². The number of benzene rings is 3. The van der Waals surface area contributed by atoms with Crippen molar-refractivity contribution in [2.75, 3.05) is 13.7 Å². The van der Waals surface area contributed by atoms with Gasteiger partial charge in [0.15, 0.2) is 0 Å². The highest BCUT2D eigenvalue weighted by Gasteiger charge is 2.37. The van der Waals surface area contributed by atoms with E-state index in [1.54, 1.807) is 25.1 Å². The maximum atomic E-state index is 14.6. The number of rotatable bonds is 6. The van der Waals surface area contributed by atoms with E-state index >= 15 is 0 Å². The minimum absolute atomic E-state index is 0.119. The Hall–Kier alpha value is -3.61. The van der Waals surface area contributed by atoms with Gasteiger partial charge in [-0.05, 0) is 65.6 Å². The van der Waals surface area contributed by atoms with Crippen molar-refractivity contribution in [2.45, 2.75) is 19.0 Å². The third kappa shape index (κ3) is 3.98. The lowest BCUT2D eigenvalue weighted by Gasteiger charge is -2.29. The summed E-state index contributed by atoms with van der Waals surface area (Å²) in [7, 11) is 1.53. The van der Waals surface area contributed by atoms with Crippen LogP contribution >= 0.6 is 0 Å². The van der Waals surface area contributed by atoms with E-state index in [4.69, 9.17) is 10.5 Å². The fourth-order valence-electron chi connectivity index (χ4n) is 4.12. The number of aryl methyl sites for hydroxylation is 1. The SMILES string of the molecule is COc1ccc(F)c(-c2cccc(C3(c4ccc(OC(F)F)c(C)c4)C=C(N)NC3)c2)c1. The van der Waals surface area contributed by atoms with Gasteiger partial charge >= 0.3 is 6.61 Å². The zero-order chi connectivity index (χ0) is 22.9. The van der Waals surface area contributed by atoms with E-state index in [0.29, 0.717) is 34.8 Å². The van der Waals surface area contributed by atoms with Gasteiger partial charge < -0.3 is 20.5 Å². The van der Waals surface area contributed by atoms with Gasteiger partial charge in [0.05, 0.1) is 18.3 Å². The number of halogens is 3. The second-order valence-electron chi connectivity index (χ2n) is 7.71. The first-order valence-corrected chi connectivity index (χ1v) is 10.0. The summed E-state index contributed by atoms with van der Waals surface area (Å²) in [6.07, 6.45) is 1.90. The molecule has 1 unspecified atom stereocenters. The van der Waals surface area contributed by atoms with Crippen LogP contribution in [0.15, 0.2) is 72.6 Å². The molecule has 3 aromatic carbocycles. The van der Waals surface area contributed by atoms with Crippen molar-refractivity contribution in [1.82, 2.24) is 5.32 Å². The van der Waals surface area contributed by atoms with Crippen LogP contribution in [0.1, 0.15) is 16.7 Å². The number of hydrogen-bond acceptors (Lipinski definition) is 4. The van der Waals surface area contributed by atoms with Gasteiger partial charge in [-0.3, -0.25) is 0 Å². The summed E-state index contributed by atoms with van der Waals surface area (Å²) in [6, 6.07) is 17.2. The van der Waals surface area contributed by atoms with E-state index < -0.39 is 12.0 Å². The average Bonchev–Trinajstić information content (AvgIpc) is 3.18. The normalized spacial score (nSPS) is 17.8. The summed E-state index contributed by atoms with van der Waals surface area (Å²) >= 11 is 0. The predicted octanol–water partition coefficient (Wildman–Crippen LogP) is 5.10. The van der Waals surface area contributed by atoms with E-state index in [1.165, 1.54) is 19.2 Å². The Kier molecular flexibility index (Phi) is 5.74. The van der Waals surface area contributed by atoms with Crippen LogP contribution in [0.25, 0.3) is 11.1 Å². The smallest absolute Gasteiger partial charge is 0.387 e. The molecule has 0 amide bonds. The minimum atomic E-state index is -2.90. The third-order valence-electron chi connectivity index (χ3n) is 5.74. The van der Waals surface area contributed by atoms with Crippen molar-refractivity contribution in [3.05, 3.63) is 95.1 Å². The molecule has 32 heavy (non-hydrogen) atoms. The average molecular weight is 440 g/mol. The van der Waals surface area contributed by atoms with Crippen molar-refractivity contribution in [3.8, 4) is 22.6 Å². The second-order valence-corrected chi connectivity index (χ2v) is 7.71. The number of ether oxygens (including phenoxy) is 2. The van der Waals surface area contributed by atoms with Gasteiger partial charge in [0.2, 0.25) is 0 Å². The van der Waals surface area contributed by atoms with Gasteiger partial charge in [0, 0.05) is 12.1 Å². The van der Waals surface area contributed by atoms with Gasteiger partial charge in [-0.1, -0.05) is 30.3 Å². The zero-order valence-corrected chi connectivity index (χ0v) is 17.7. The van der Waals surface area contributed by atoms with Crippen molar-refractivity contribution in [3.63, 3.8) is 0 Å². The van der Waals surface area contributed by atoms with Gasteiger partial charge in [0.25, 0.3) is 0 Å². The highest BCUT2D eigenvalue weighted by Crippen LogP contribution is 2.40. The minimum Gasteiger partial charge on any atom is -0.497 e. The van der Waals surface area contributed by atoms with Crippen molar-refractivity contribution < 1.29 is 22.6 Å². The summed E-state index contributed by atoms with van der Waals surface area (Å²) in [5.41, 5.74) is 8.84. The highest BCUT2D eigenvalue weighted by atomic mass is 19.3. The molecular formula is C25H23F3N2O2. The molecule has 0 aliphatic carbocycles. The Bertz CT molecular complexity index is 1180. The molecule has 1 aliphatic heterocycles. The molecule has 1 aliphatic rings. The summed E-state index contributed by atoms with van der Waals surface area (Å²) in [5.74, 6) is 0.821. The Morgan fingerprint density at radius 1 is 1.03 bits per heavy atom. The molecule has 4 nitrogen and oxygen atoms in total. The fraction of sp³-hybridized carbons (Fsp3) is 0.200. The Morgan fingerprint density at radius 2 is 1.81 bits per heavy atom. The standard InChI is InChI=1S/C25H23F3N2O2/c1-15-10-18(6-9-22(15)32-24(27)28)25(13-23(29)30-14-25)17-5-3-4-16(11-17)20-12-19(31-2)7-8-21(20)26/h3-13,24,30H,14,29H2,1-2H3. The molecule has 1 atom stereocenters. The van der Waals surface area contributed by atoms with Crippen LogP contribution in [0.2, 0.25) is 0 Å². The first-order chi connectivity index (χ1) is 15.3. The molecule has 0 saturated carbocycles. The lowest BCUT2D eigenvalue weighted by molar-refractivity contribution is -0.0503. The molecule has 0 aromatic heterocycles. The molecule has 0 spiro atoms. The number of alkyl halides is 2. The number of methoxy groups -OCH3 is 1. The first kappa shape index (κ1) is 21.6. The van der Waals surface area contributed by atoms with Gasteiger partial charge in [-0.2, -0.15) is 8.78 Å². The van der Waals surface area contributed by atoms with Crippen LogP contribution in [0.3, 0.4) is 0 Å². The molecule has 7 heteroatoms. The van der Waals surface area contributed by atoms with Crippen molar-refractivity contribution >= 4 is 0 Å². The summed E-state index contributed by atoms with van der Waals surface area (Å²) < 4.78 is 49.8. The Balaban J connectivity index is 1.83. The molecule has 3 N–H and O–H groups in total. The van der Waals surface area contributed by atoms with Crippen LogP contribution in [-0.4, -0.2) is 20.3 Å². The van der Waals surface area contributed by atoms with Gasteiger partial charge in [-0.15, -0.1) is 0 Å². The molecular weight excluding hydrogens is 417 g/mol. The largest absolute Gasteiger partial charge is 0.497 e. The van der Waals surface area contributed by atoms with Crippen LogP contribution in [0, 0.1) is 12.7 Å². The maximum Gasteiger partial charge on any atom is 0.387 e. The molecule has 0 fully saturated rings. The van der Waals surface area contributed by atoms with Crippen LogP contribution in [0.4, 0.5) is 13.2 Å². The number of nitrogens with one attached hydrogen (secondary N) is 1. The lowest BCUT2D eigenvalue weighted by Crippen LogP contribution is -2.31. The van der Waals surface area contributed by atoms with Crippen molar-refractivity contribution in [1.29, 1.82) is 0 Å². The molecule has 166 valence electrons. The molecule has 0 saturated heterocycles. The van der Waals surface area contributed by atoms with Crippen LogP contribution in [0.5, 0.6) is 11.5 Å². The lowest BCUT2D eigenvalue weighted by atomic mass is 9.74. The highest BCUT2D eigenvalue weighted by molar-refractivity contribution is 5.68. The molecule has 3 aromatic rings. The predicted molar refractivity (Wildman–Crippen MR) is 117 cm³/mol. The van der Waals surface area contributed by atoms with E-state index in [2.05, 4.69) is 10.1 Å². The number of nitrogens with two attached hydrogens (primary N) is 1. The monoisotopic (exact) mass is 440 g/mol. The van der Waals surface area contributed by atoms with E-state index in [9.17, 15) is 13.2 Å². The fourth-order valence-corrected chi connectivity index (χ4v) is 4.12. The summed E-state index contributed by atoms with van der Waals surface area (Å²) in [5, 5.41) is 3.16. The summed E-state index contributed by atoms with van der Waals surface area (Å²) in [6.45, 7) is -0.712. The van der Waals surface area contributed by atoms with Gasteiger partial charge in [0.1, 0.15) is 17.3 Å². The van der Waals surface area contributed by atoms with Crippen molar-refractivity contribution in [2.24, 2.45) is 5.73 Å². The van der Waals surface area contributed by atoms with Crippen LogP contribution in [-0.2, 0) is 5.41 Å². The van der Waals surface area contributed by atoms with Crippen LogP contribution < -0.4 is 20.5 Å². The molecule has 0 radical (unpaired) electrons. The topological polar surface area (TPSA) is 56.5 Å². The quantitative estimate of drug-likeness (QED) is 0.560. The summed E-state index contributed by atoms with van der Waals surface area (Å²) in [4.78, 5) is 0. The molecule has 4 rings (SSSR count). The molecule has 1 heterocycles. The molecule has 0 bridgehead atoms. The first-order valence-electron chi connectivity index (χ1n) is 10.0. The second kappa shape index (κ2) is 8.49. The maximum absolute atomic E-state index is 14.6. The third-order valence-corrected chi connectivity index (χ3v) is 5.74. The number of hydrogen-bond donors (Lipinski definition) is 2. The van der Waals surface area contributed by atoms with Gasteiger partial charge in [-0.25, -0.2) is 4.39 Å². The van der Waals surface area contributed by atoms with E-state index in [0.717, 1.165) is 11.1 Å².